The van der Waals surface area contributed by atoms with Gasteiger partial charge in [-0.2, -0.15) is 0 Å². The number of hydrogen-bond donors (Lipinski definition) is 2. The third-order valence-electron chi connectivity index (χ3n) is 5.63. The summed E-state index contributed by atoms with van der Waals surface area (Å²) in [5, 5.41) is 6.02. The standard InChI is InChI=1S/C21H27N5O2/c27-20(24-15-8-2-1-3-9-15)18-17-11-5-7-13-26(17)19(25-18)21(28)23-14-16-10-4-6-12-22-16/h4,6,10,12,15H,1-3,5,7-9,11,13-14H2,(H,23,28)(H,24,27). The van der Waals surface area contributed by atoms with E-state index in [1.54, 1.807) is 6.20 Å². The number of nitrogens with zero attached hydrogens (tertiary/aromatic N) is 3. The second-order valence-corrected chi connectivity index (χ2v) is 7.65. The van der Waals surface area contributed by atoms with Crippen LogP contribution in [0.5, 0.6) is 0 Å². The number of pyridine rings is 1. The molecule has 2 amide bonds. The number of carbonyl (C=O) groups excluding carboxylic acids is 2. The van der Waals surface area contributed by atoms with Crippen LogP contribution >= 0.6 is 0 Å². The second-order valence-electron chi connectivity index (χ2n) is 7.65. The zero-order chi connectivity index (χ0) is 19.3. The molecule has 0 atom stereocenters. The molecule has 148 valence electrons. The van der Waals surface area contributed by atoms with E-state index in [-0.39, 0.29) is 17.9 Å². The predicted molar refractivity (Wildman–Crippen MR) is 105 cm³/mol. The molecule has 4 rings (SSSR count). The molecule has 1 fully saturated rings. The number of amides is 2. The van der Waals surface area contributed by atoms with Gasteiger partial charge in [0.2, 0.25) is 0 Å². The number of carbonyl (C=O) groups is 2. The summed E-state index contributed by atoms with van der Waals surface area (Å²) in [5.74, 6) is -0.0636. The molecule has 7 nitrogen and oxygen atoms in total. The Bertz CT molecular complexity index is 840. The summed E-state index contributed by atoms with van der Waals surface area (Å²) in [7, 11) is 0. The maximum Gasteiger partial charge on any atom is 0.287 e. The molecule has 2 aliphatic rings. The van der Waals surface area contributed by atoms with Crippen molar-refractivity contribution in [3.05, 3.63) is 47.3 Å². The van der Waals surface area contributed by atoms with Crippen molar-refractivity contribution in [2.45, 2.75) is 70.5 Å². The van der Waals surface area contributed by atoms with E-state index >= 15 is 0 Å². The Morgan fingerprint density at radius 1 is 1.07 bits per heavy atom. The van der Waals surface area contributed by atoms with Gasteiger partial charge in [-0.15, -0.1) is 0 Å². The van der Waals surface area contributed by atoms with E-state index in [4.69, 9.17) is 0 Å². The summed E-state index contributed by atoms with van der Waals surface area (Å²) >= 11 is 0. The van der Waals surface area contributed by atoms with Gasteiger partial charge in [0.15, 0.2) is 5.82 Å². The van der Waals surface area contributed by atoms with Crippen molar-refractivity contribution in [2.24, 2.45) is 0 Å². The molecule has 2 N–H and O–H groups in total. The fourth-order valence-corrected chi connectivity index (χ4v) is 4.15. The Morgan fingerprint density at radius 2 is 1.93 bits per heavy atom. The first-order chi connectivity index (χ1) is 13.7. The Kier molecular flexibility index (Phi) is 5.69. The molecule has 2 aromatic heterocycles. The lowest BCUT2D eigenvalue weighted by Gasteiger charge is -2.23. The van der Waals surface area contributed by atoms with Crippen molar-refractivity contribution in [1.82, 2.24) is 25.2 Å². The quantitative estimate of drug-likeness (QED) is 0.833. The maximum atomic E-state index is 12.9. The Labute approximate surface area is 165 Å². The van der Waals surface area contributed by atoms with Gasteiger partial charge >= 0.3 is 0 Å². The number of fused-ring (bicyclic) bond motifs is 1. The summed E-state index contributed by atoms with van der Waals surface area (Å²) in [6, 6.07) is 5.82. The normalized spacial score (nSPS) is 17.0. The van der Waals surface area contributed by atoms with Crippen LogP contribution in [0.4, 0.5) is 0 Å². The van der Waals surface area contributed by atoms with Crippen molar-refractivity contribution >= 4 is 11.8 Å². The monoisotopic (exact) mass is 381 g/mol. The molecule has 7 heteroatoms. The van der Waals surface area contributed by atoms with Crippen molar-refractivity contribution in [1.29, 1.82) is 0 Å². The number of imidazole rings is 1. The number of nitrogens with one attached hydrogen (secondary N) is 2. The zero-order valence-electron chi connectivity index (χ0n) is 16.1. The lowest BCUT2D eigenvalue weighted by Crippen LogP contribution is -2.37. The van der Waals surface area contributed by atoms with E-state index in [9.17, 15) is 9.59 Å². The van der Waals surface area contributed by atoms with Gasteiger partial charge in [-0.1, -0.05) is 25.3 Å². The van der Waals surface area contributed by atoms with Gasteiger partial charge in [0.1, 0.15) is 5.69 Å². The molecule has 1 aliphatic heterocycles. The van der Waals surface area contributed by atoms with Gasteiger partial charge in [-0.05, 0) is 44.2 Å². The molecule has 0 unspecified atom stereocenters. The van der Waals surface area contributed by atoms with Gasteiger partial charge in [0, 0.05) is 18.8 Å². The number of hydrogen-bond acceptors (Lipinski definition) is 4. The first kappa shape index (κ1) is 18.7. The van der Waals surface area contributed by atoms with Crippen LogP contribution in [0.1, 0.15) is 77.4 Å². The average Bonchev–Trinajstić information content (AvgIpc) is 3.13. The lowest BCUT2D eigenvalue weighted by molar-refractivity contribution is 0.0921. The smallest absolute Gasteiger partial charge is 0.287 e. The summed E-state index contributed by atoms with van der Waals surface area (Å²) in [6.45, 7) is 1.07. The maximum absolute atomic E-state index is 12.9. The molecule has 2 aromatic rings. The van der Waals surface area contributed by atoms with Gasteiger partial charge in [0.25, 0.3) is 11.8 Å². The highest BCUT2D eigenvalue weighted by Gasteiger charge is 2.28. The second kappa shape index (κ2) is 8.54. The van der Waals surface area contributed by atoms with Crippen LogP contribution in [0.3, 0.4) is 0 Å². The van der Waals surface area contributed by atoms with E-state index in [0.29, 0.717) is 18.1 Å². The van der Waals surface area contributed by atoms with Crippen molar-refractivity contribution in [3.8, 4) is 0 Å². The molecule has 28 heavy (non-hydrogen) atoms. The first-order valence-corrected chi connectivity index (χ1v) is 10.3. The van der Waals surface area contributed by atoms with Crippen LogP contribution in [0, 0.1) is 0 Å². The summed E-state index contributed by atoms with van der Waals surface area (Å²) in [4.78, 5) is 34.3. The van der Waals surface area contributed by atoms with Crippen LogP contribution < -0.4 is 10.6 Å². The average molecular weight is 381 g/mol. The zero-order valence-corrected chi connectivity index (χ0v) is 16.1. The summed E-state index contributed by atoms with van der Waals surface area (Å²) in [5.41, 5.74) is 2.10. The molecule has 0 spiro atoms. The van der Waals surface area contributed by atoms with E-state index in [1.807, 2.05) is 22.8 Å². The Morgan fingerprint density at radius 3 is 2.71 bits per heavy atom. The van der Waals surface area contributed by atoms with E-state index in [2.05, 4.69) is 20.6 Å². The van der Waals surface area contributed by atoms with Crippen molar-refractivity contribution in [2.75, 3.05) is 0 Å². The third kappa shape index (κ3) is 4.08. The van der Waals surface area contributed by atoms with Gasteiger partial charge in [0.05, 0.1) is 17.9 Å². The lowest BCUT2D eigenvalue weighted by atomic mass is 9.95. The minimum Gasteiger partial charge on any atom is -0.348 e. The highest BCUT2D eigenvalue weighted by atomic mass is 16.2. The Hall–Kier alpha value is -2.70. The molecule has 0 aromatic carbocycles. The van der Waals surface area contributed by atoms with Crippen LogP contribution in [0.25, 0.3) is 0 Å². The number of rotatable bonds is 5. The molecule has 3 heterocycles. The minimum atomic E-state index is -0.259. The minimum absolute atomic E-state index is 0.138. The first-order valence-electron chi connectivity index (χ1n) is 10.3. The van der Waals surface area contributed by atoms with E-state index < -0.39 is 0 Å². The highest BCUT2D eigenvalue weighted by molar-refractivity contribution is 5.97. The van der Waals surface area contributed by atoms with Crippen LogP contribution in [-0.4, -0.2) is 32.4 Å². The molecular weight excluding hydrogens is 354 g/mol. The van der Waals surface area contributed by atoms with Crippen LogP contribution in [-0.2, 0) is 19.5 Å². The number of aromatic nitrogens is 3. The van der Waals surface area contributed by atoms with Crippen molar-refractivity contribution < 1.29 is 9.59 Å². The van der Waals surface area contributed by atoms with Gasteiger partial charge in [-0.25, -0.2) is 4.98 Å². The largest absolute Gasteiger partial charge is 0.348 e. The fourth-order valence-electron chi connectivity index (χ4n) is 4.15. The molecular formula is C21H27N5O2. The molecule has 0 radical (unpaired) electrons. The molecule has 1 aliphatic carbocycles. The predicted octanol–water partition coefficient (Wildman–Crippen LogP) is 2.61. The molecule has 0 bridgehead atoms. The van der Waals surface area contributed by atoms with Crippen LogP contribution in [0.15, 0.2) is 24.4 Å². The highest BCUT2D eigenvalue weighted by Crippen LogP contribution is 2.23. The van der Waals surface area contributed by atoms with E-state index in [0.717, 1.165) is 62.9 Å². The van der Waals surface area contributed by atoms with Gasteiger partial charge in [-0.3, -0.25) is 14.6 Å². The van der Waals surface area contributed by atoms with E-state index in [1.165, 1.54) is 6.42 Å². The molecule has 0 saturated heterocycles. The summed E-state index contributed by atoms with van der Waals surface area (Å²) in [6.07, 6.45) is 10.1. The third-order valence-corrected chi connectivity index (χ3v) is 5.63. The topological polar surface area (TPSA) is 88.9 Å². The summed E-state index contributed by atoms with van der Waals surface area (Å²) < 4.78 is 1.92. The fraction of sp³-hybridized carbons (Fsp3) is 0.524. The molecule has 1 saturated carbocycles. The SMILES string of the molecule is O=C(NC1CCCCC1)c1nc(C(=O)NCc2ccccn2)n2c1CCCC2. The van der Waals surface area contributed by atoms with Gasteiger partial charge < -0.3 is 15.2 Å². The van der Waals surface area contributed by atoms with Crippen LogP contribution in [0.2, 0.25) is 0 Å². The Balaban J connectivity index is 1.51. The van der Waals surface area contributed by atoms with Crippen molar-refractivity contribution in [3.63, 3.8) is 0 Å².